The highest BCUT2D eigenvalue weighted by atomic mass is 79.9. The summed E-state index contributed by atoms with van der Waals surface area (Å²) in [6, 6.07) is 25.4. The molecule has 188 valence electrons. The molecule has 2 aliphatic rings. The van der Waals surface area contributed by atoms with Crippen molar-refractivity contribution in [1.29, 1.82) is 0 Å². The van der Waals surface area contributed by atoms with E-state index in [1.807, 2.05) is 85.8 Å². The average molecular weight is 577 g/mol. The summed E-state index contributed by atoms with van der Waals surface area (Å²) in [5.41, 5.74) is 5.16. The lowest BCUT2D eigenvalue weighted by Gasteiger charge is -2.36. The molecule has 6 heteroatoms. The van der Waals surface area contributed by atoms with Gasteiger partial charge in [0.15, 0.2) is 5.78 Å². The summed E-state index contributed by atoms with van der Waals surface area (Å²) in [6.45, 7) is 2.14. The van der Waals surface area contributed by atoms with Crippen molar-refractivity contribution in [3.8, 4) is 0 Å². The largest absolute Gasteiger partial charge is 0.465 e. The molecule has 0 saturated heterocycles. The second kappa shape index (κ2) is 11.2. The first-order chi connectivity index (χ1) is 17.9. The highest BCUT2D eigenvalue weighted by Gasteiger charge is 2.44. The van der Waals surface area contributed by atoms with E-state index in [0.29, 0.717) is 35.6 Å². The number of aliphatic imine (C=N–C) groups is 1. The normalized spacial score (nSPS) is 21.3. The quantitative estimate of drug-likeness (QED) is 0.286. The van der Waals surface area contributed by atoms with Crippen LogP contribution >= 0.6 is 27.5 Å². The number of ketones is 1. The molecule has 1 aliphatic heterocycles. The standard InChI is InChI=1S/C31H27BrClNO3/c1-19-28(31(36)37-15-14-20-6-3-2-4-7-20)29(22-8-5-9-24(32)16-22)30-26(34-19)17-23(18-27(30)35)21-10-12-25(33)13-11-21/h2-13,16,23,28-29H,14-15,17-18H2,1H3/t23-,28?,29-/m0/s1. The molecule has 1 aliphatic carbocycles. The molecule has 37 heavy (non-hydrogen) atoms. The fraction of sp³-hybridized carbons (Fsp3) is 0.258. The number of esters is 1. The number of hydrogen-bond donors (Lipinski definition) is 0. The van der Waals surface area contributed by atoms with Crippen LogP contribution in [0.1, 0.15) is 48.3 Å². The number of Topliss-reactive ketones (excluding diaryl/α,β-unsaturated/α-hetero) is 1. The van der Waals surface area contributed by atoms with Crippen molar-refractivity contribution in [1.82, 2.24) is 0 Å². The Labute approximate surface area is 230 Å². The Bertz CT molecular complexity index is 1380. The fourth-order valence-corrected chi connectivity index (χ4v) is 5.94. The van der Waals surface area contributed by atoms with Crippen LogP contribution in [0.15, 0.2) is 99.6 Å². The molecule has 0 radical (unpaired) electrons. The van der Waals surface area contributed by atoms with Crippen LogP contribution in [0, 0.1) is 5.92 Å². The van der Waals surface area contributed by atoms with Crippen LogP contribution in [0.3, 0.4) is 0 Å². The molecule has 0 bridgehead atoms. The number of carbonyl (C=O) groups excluding carboxylic acids is 2. The van der Waals surface area contributed by atoms with Crippen molar-refractivity contribution in [2.45, 2.75) is 38.0 Å². The minimum Gasteiger partial charge on any atom is -0.465 e. The van der Waals surface area contributed by atoms with Crippen LogP contribution in [-0.4, -0.2) is 24.1 Å². The molecule has 0 fully saturated rings. The number of rotatable bonds is 6. The van der Waals surface area contributed by atoms with Gasteiger partial charge >= 0.3 is 5.97 Å². The van der Waals surface area contributed by atoms with Crippen LogP contribution in [-0.2, 0) is 20.7 Å². The van der Waals surface area contributed by atoms with Crippen molar-refractivity contribution < 1.29 is 14.3 Å². The van der Waals surface area contributed by atoms with Gasteiger partial charge in [-0.2, -0.15) is 0 Å². The summed E-state index contributed by atoms with van der Waals surface area (Å²) < 4.78 is 6.67. The molecule has 0 amide bonds. The van der Waals surface area contributed by atoms with Gasteiger partial charge < -0.3 is 4.74 Å². The molecular formula is C31H27BrClNO3. The minimum absolute atomic E-state index is 0.0256. The first-order valence-corrected chi connectivity index (χ1v) is 13.6. The van der Waals surface area contributed by atoms with Crippen molar-refractivity contribution in [3.05, 3.63) is 116 Å². The van der Waals surface area contributed by atoms with E-state index in [4.69, 9.17) is 21.3 Å². The van der Waals surface area contributed by atoms with Crippen molar-refractivity contribution in [2.24, 2.45) is 10.9 Å². The van der Waals surface area contributed by atoms with Crippen LogP contribution in [0.5, 0.6) is 0 Å². The number of halogens is 2. The monoisotopic (exact) mass is 575 g/mol. The summed E-state index contributed by atoms with van der Waals surface area (Å²) in [7, 11) is 0. The third-order valence-electron chi connectivity index (χ3n) is 7.17. The molecule has 3 atom stereocenters. The zero-order valence-electron chi connectivity index (χ0n) is 20.5. The average Bonchev–Trinajstić information content (AvgIpc) is 2.88. The maximum absolute atomic E-state index is 13.7. The fourth-order valence-electron chi connectivity index (χ4n) is 5.40. The van der Waals surface area contributed by atoms with E-state index in [1.165, 1.54) is 0 Å². The summed E-state index contributed by atoms with van der Waals surface area (Å²) in [5, 5.41) is 0.667. The first kappa shape index (κ1) is 25.6. The van der Waals surface area contributed by atoms with Crippen LogP contribution in [0.4, 0.5) is 0 Å². The third-order valence-corrected chi connectivity index (χ3v) is 7.91. The second-order valence-electron chi connectivity index (χ2n) is 9.61. The molecular weight excluding hydrogens is 550 g/mol. The molecule has 0 aromatic heterocycles. The van der Waals surface area contributed by atoms with Gasteiger partial charge in [0, 0.05) is 45.2 Å². The highest BCUT2D eigenvalue weighted by Crippen LogP contribution is 2.47. The van der Waals surface area contributed by atoms with E-state index < -0.39 is 11.8 Å². The molecule has 1 heterocycles. The number of benzene rings is 3. The van der Waals surface area contributed by atoms with Gasteiger partial charge in [-0.15, -0.1) is 0 Å². The lowest BCUT2D eigenvalue weighted by Crippen LogP contribution is -2.38. The topological polar surface area (TPSA) is 55.7 Å². The SMILES string of the molecule is CC1=NC2=C(C(=O)C[C@@H](c3ccc(Cl)cc3)C2)[C@@H](c2cccc(Br)c2)C1C(=O)OCCc1ccccc1. The van der Waals surface area contributed by atoms with Crippen molar-refractivity contribution in [2.75, 3.05) is 6.61 Å². The van der Waals surface area contributed by atoms with E-state index in [9.17, 15) is 9.59 Å². The summed E-state index contributed by atoms with van der Waals surface area (Å²) in [5.74, 6) is -1.38. The van der Waals surface area contributed by atoms with Crippen LogP contribution in [0.25, 0.3) is 0 Å². The van der Waals surface area contributed by atoms with E-state index in [2.05, 4.69) is 15.9 Å². The number of hydrogen-bond acceptors (Lipinski definition) is 4. The predicted molar refractivity (Wildman–Crippen MR) is 150 cm³/mol. The molecule has 5 rings (SSSR count). The maximum atomic E-state index is 13.7. The lowest BCUT2D eigenvalue weighted by atomic mass is 9.69. The zero-order chi connectivity index (χ0) is 25.9. The summed E-state index contributed by atoms with van der Waals surface area (Å²) in [4.78, 5) is 32.1. The minimum atomic E-state index is -0.653. The van der Waals surface area contributed by atoms with E-state index in [-0.39, 0.29) is 24.3 Å². The van der Waals surface area contributed by atoms with Crippen LogP contribution in [0.2, 0.25) is 5.02 Å². The van der Waals surface area contributed by atoms with Gasteiger partial charge in [-0.3, -0.25) is 14.6 Å². The van der Waals surface area contributed by atoms with Gasteiger partial charge in [-0.05, 0) is 60.2 Å². The number of nitrogens with zero attached hydrogens (tertiary/aromatic N) is 1. The van der Waals surface area contributed by atoms with Gasteiger partial charge in [0.25, 0.3) is 0 Å². The Kier molecular flexibility index (Phi) is 7.73. The van der Waals surface area contributed by atoms with Gasteiger partial charge in [0.2, 0.25) is 0 Å². The predicted octanol–water partition coefficient (Wildman–Crippen LogP) is 7.46. The molecule has 0 spiro atoms. The number of carbonyl (C=O) groups is 2. The maximum Gasteiger partial charge on any atom is 0.315 e. The van der Waals surface area contributed by atoms with Gasteiger partial charge in [-0.1, -0.05) is 82.1 Å². The number of allylic oxidation sites excluding steroid dienone is 2. The Morgan fingerprint density at radius 1 is 1.00 bits per heavy atom. The Balaban J connectivity index is 1.46. The van der Waals surface area contributed by atoms with E-state index >= 15 is 0 Å². The van der Waals surface area contributed by atoms with E-state index in [1.54, 1.807) is 0 Å². The zero-order valence-corrected chi connectivity index (χ0v) is 22.8. The van der Waals surface area contributed by atoms with Gasteiger partial charge in [0.05, 0.1) is 6.61 Å². The Morgan fingerprint density at radius 2 is 1.76 bits per heavy atom. The molecule has 3 aromatic carbocycles. The highest BCUT2D eigenvalue weighted by molar-refractivity contribution is 9.10. The molecule has 0 saturated carbocycles. The molecule has 1 unspecified atom stereocenters. The summed E-state index contributed by atoms with van der Waals surface area (Å²) in [6.07, 6.45) is 1.64. The Hall–Kier alpha value is -3.02. The van der Waals surface area contributed by atoms with Crippen LogP contribution < -0.4 is 0 Å². The van der Waals surface area contributed by atoms with Gasteiger partial charge in [-0.25, -0.2) is 0 Å². The molecule has 0 N–H and O–H groups in total. The summed E-state index contributed by atoms with van der Waals surface area (Å²) >= 11 is 9.64. The lowest BCUT2D eigenvalue weighted by molar-refractivity contribution is -0.146. The third kappa shape index (κ3) is 5.63. The smallest absolute Gasteiger partial charge is 0.315 e. The van der Waals surface area contributed by atoms with Crippen molar-refractivity contribution in [3.63, 3.8) is 0 Å². The molecule has 4 nitrogen and oxygen atoms in total. The van der Waals surface area contributed by atoms with Crippen molar-refractivity contribution >= 4 is 45.0 Å². The Morgan fingerprint density at radius 3 is 2.49 bits per heavy atom. The number of ether oxygens (including phenoxy) is 1. The van der Waals surface area contributed by atoms with E-state index in [0.717, 1.165) is 26.9 Å². The first-order valence-electron chi connectivity index (χ1n) is 12.4. The molecule has 3 aromatic rings. The van der Waals surface area contributed by atoms with Gasteiger partial charge in [0.1, 0.15) is 5.92 Å². The second-order valence-corrected chi connectivity index (χ2v) is 11.0.